The van der Waals surface area contributed by atoms with Crippen LogP contribution < -0.4 is 0 Å². The maximum atomic E-state index is 11.5. The van der Waals surface area contributed by atoms with E-state index in [-0.39, 0.29) is 17.9 Å². The SMILES string of the molecule is COC(=O)Cc1cc(O)cc(C/C=C(/C)CC/C=C(\C)CC/C=C(\C)[C@@H](O)[C@@H](O)C=C(C)C)c1O. The van der Waals surface area contributed by atoms with E-state index in [0.717, 1.165) is 36.8 Å². The van der Waals surface area contributed by atoms with Gasteiger partial charge in [0.05, 0.1) is 13.5 Å². The van der Waals surface area contributed by atoms with E-state index in [1.807, 2.05) is 39.8 Å². The van der Waals surface area contributed by atoms with Crippen LogP contribution in [0, 0.1) is 0 Å². The van der Waals surface area contributed by atoms with Crippen LogP contribution in [0.3, 0.4) is 0 Å². The molecular formula is C29H42O6. The van der Waals surface area contributed by atoms with Crippen molar-refractivity contribution in [3.8, 4) is 11.5 Å². The van der Waals surface area contributed by atoms with E-state index < -0.39 is 18.2 Å². The van der Waals surface area contributed by atoms with Crippen molar-refractivity contribution in [2.24, 2.45) is 0 Å². The van der Waals surface area contributed by atoms with Gasteiger partial charge in [0.15, 0.2) is 0 Å². The summed E-state index contributed by atoms with van der Waals surface area (Å²) >= 11 is 0. The summed E-state index contributed by atoms with van der Waals surface area (Å²) < 4.78 is 4.64. The molecule has 0 unspecified atom stereocenters. The van der Waals surface area contributed by atoms with Crippen molar-refractivity contribution in [2.75, 3.05) is 7.11 Å². The third-order valence-electron chi connectivity index (χ3n) is 5.82. The summed E-state index contributed by atoms with van der Waals surface area (Å²) in [6.45, 7) is 9.73. The van der Waals surface area contributed by atoms with Crippen LogP contribution in [0.2, 0.25) is 0 Å². The van der Waals surface area contributed by atoms with E-state index >= 15 is 0 Å². The smallest absolute Gasteiger partial charge is 0.310 e. The van der Waals surface area contributed by atoms with E-state index in [2.05, 4.69) is 17.7 Å². The second-order valence-corrected chi connectivity index (χ2v) is 9.38. The first-order valence-electron chi connectivity index (χ1n) is 12.0. The van der Waals surface area contributed by atoms with Gasteiger partial charge in [-0.3, -0.25) is 4.79 Å². The minimum atomic E-state index is -0.885. The highest BCUT2D eigenvalue weighted by atomic mass is 16.5. The number of aliphatic hydroxyl groups excluding tert-OH is 2. The molecule has 4 N–H and O–H groups in total. The monoisotopic (exact) mass is 486 g/mol. The van der Waals surface area contributed by atoms with E-state index in [9.17, 15) is 25.2 Å². The Hall–Kier alpha value is -2.83. The number of ether oxygens (including phenoxy) is 1. The summed E-state index contributed by atoms with van der Waals surface area (Å²) in [4.78, 5) is 11.5. The number of benzene rings is 1. The zero-order valence-electron chi connectivity index (χ0n) is 22.0. The molecule has 0 aliphatic rings. The van der Waals surface area contributed by atoms with Gasteiger partial charge >= 0.3 is 5.97 Å². The van der Waals surface area contributed by atoms with Gasteiger partial charge in [-0.15, -0.1) is 0 Å². The molecule has 1 aromatic carbocycles. The molecule has 0 bridgehead atoms. The van der Waals surface area contributed by atoms with E-state index in [4.69, 9.17) is 0 Å². The van der Waals surface area contributed by atoms with Gasteiger partial charge in [0.2, 0.25) is 0 Å². The lowest BCUT2D eigenvalue weighted by Crippen LogP contribution is -2.25. The maximum absolute atomic E-state index is 11.5. The van der Waals surface area contributed by atoms with Gasteiger partial charge in [-0.25, -0.2) is 0 Å². The Morgan fingerprint density at radius 2 is 1.49 bits per heavy atom. The molecule has 0 amide bonds. The molecule has 0 aromatic heterocycles. The van der Waals surface area contributed by atoms with Crippen molar-refractivity contribution in [3.63, 3.8) is 0 Å². The number of allylic oxidation sites excluding steroid dienone is 6. The van der Waals surface area contributed by atoms with Crippen LogP contribution in [0.1, 0.15) is 71.4 Å². The number of hydrogen-bond acceptors (Lipinski definition) is 6. The first-order chi connectivity index (χ1) is 16.4. The van der Waals surface area contributed by atoms with Gasteiger partial charge in [-0.2, -0.15) is 0 Å². The van der Waals surface area contributed by atoms with Crippen molar-refractivity contribution < 1.29 is 30.0 Å². The van der Waals surface area contributed by atoms with Crippen LogP contribution in [-0.2, 0) is 22.4 Å². The first-order valence-corrected chi connectivity index (χ1v) is 12.0. The Morgan fingerprint density at radius 1 is 0.914 bits per heavy atom. The number of phenolic OH excluding ortho intramolecular Hbond substituents is 2. The van der Waals surface area contributed by atoms with Gasteiger partial charge < -0.3 is 25.2 Å². The molecule has 0 saturated carbocycles. The zero-order valence-corrected chi connectivity index (χ0v) is 22.0. The lowest BCUT2D eigenvalue weighted by molar-refractivity contribution is -0.139. The molecule has 0 aliphatic carbocycles. The van der Waals surface area contributed by atoms with Crippen LogP contribution in [0.4, 0.5) is 0 Å². The zero-order chi connectivity index (χ0) is 26.5. The third-order valence-corrected chi connectivity index (χ3v) is 5.82. The quantitative estimate of drug-likeness (QED) is 0.168. The number of carbonyl (C=O) groups excluding carboxylic acids is 1. The van der Waals surface area contributed by atoms with Crippen molar-refractivity contribution in [3.05, 3.63) is 69.9 Å². The van der Waals surface area contributed by atoms with Crippen molar-refractivity contribution in [1.82, 2.24) is 0 Å². The van der Waals surface area contributed by atoms with Crippen LogP contribution >= 0.6 is 0 Å². The number of esters is 1. The van der Waals surface area contributed by atoms with Crippen molar-refractivity contribution >= 4 is 5.97 Å². The molecule has 0 spiro atoms. The minimum absolute atomic E-state index is 0.00423. The molecular weight excluding hydrogens is 444 g/mol. The number of hydrogen-bond donors (Lipinski definition) is 4. The van der Waals surface area contributed by atoms with Crippen LogP contribution in [0.25, 0.3) is 0 Å². The Labute approximate surface area is 210 Å². The summed E-state index contributed by atoms with van der Waals surface area (Å²) in [5.74, 6) is -0.465. The van der Waals surface area contributed by atoms with Crippen LogP contribution in [-0.4, -0.2) is 45.7 Å². The largest absolute Gasteiger partial charge is 0.508 e. The second-order valence-electron chi connectivity index (χ2n) is 9.38. The molecule has 0 heterocycles. The average Bonchev–Trinajstić information content (AvgIpc) is 2.78. The first kappa shape index (κ1) is 30.2. The Kier molecular flexibility index (Phi) is 13.1. The van der Waals surface area contributed by atoms with Gasteiger partial charge in [-0.05, 0) is 84.4 Å². The minimum Gasteiger partial charge on any atom is -0.508 e. The molecule has 6 heteroatoms. The lowest BCUT2D eigenvalue weighted by Gasteiger charge is -2.16. The van der Waals surface area contributed by atoms with Gasteiger partial charge in [0.1, 0.15) is 23.7 Å². The number of rotatable bonds is 13. The second kappa shape index (κ2) is 15.2. The van der Waals surface area contributed by atoms with Gasteiger partial charge in [0.25, 0.3) is 0 Å². The summed E-state index contributed by atoms with van der Waals surface area (Å²) in [5, 5.41) is 40.6. The topological polar surface area (TPSA) is 107 Å². The lowest BCUT2D eigenvalue weighted by atomic mass is 10.0. The van der Waals surface area contributed by atoms with Crippen LogP contribution in [0.5, 0.6) is 11.5 Å². The fourth-order valence-corrected chi connectivity index (χ4v) is 3.64. The number of aliphatic hydroxyl groups is 2. The summed E-state index contributed by atoms with van der Waals surface area (Å²) in [6, 6.07) is 2.89. The van der Waals surface area contributed by atoms with Gasteiger partial charge in [-0.1, -0.05) is 41.0 Å². The predicted octanol–water partition coefficient (Wildman–Crippen LogP) is 5.44. The Bertz CT molecular complexity index is 964. The standard InChI is InChI=1S/C29H42O6/c1-19(2)15-26(31)28(33)22(5)12-8-11-20(3)9-7-10-21(4)13-14-23-16-25(30)17-24(29(23)34)18-27(32)35-6/h9,12-13,15-17,26,28,30-31,33-34H,7-8,10-11,14,18H2,1-6H3/b20-9+,21-13-,22-12+/t26-,28+/m0/s1. The molecule has 0 aliphatic heterocycles. The number of methoxy groups -OCH3 is 1. The molecule has 1 aromatic rings. The predicted molar refractivity (Wildman–Crippen MR) is 140 cm³/mol. The Balaban J connectivity index is 2.59. The molecule has 194 valence electrons. The molecule has 0 radical (unpaired) electrons. The number of phenols is 2. The van der Waals surface area contributed by atoms with Crippen LogP contribution in [0.15, 0.2) is 58.7 Å². The molecule has 1 rings (SSSR count). The average molecular weight is 487 g/mol. The molecule has 2 atom stereocenters. The summed E-state index contributed by atoms with van der Waals surface area (Å²) in [7, 11) is 1.28. The fourth-order valence-electron chi connectivity index (χ4n) is 3.64. The fraction of sp³-hybridized carbons (Fsp3) is 0.483. The van der Waals surface area contributed by atoms with E-state index in [0.29, 0.717) is 17.5 Å². The van der Waals surface area contributed by atoms with E-state index in [1.54, 1.807) is 6.08 Å². The number of aromatic hydroxyl groups is 2. The molecule has 0 fully saturated rings. The highest BCUT2D eigenvalue weighted by Crippen LogP contribution is 2.29. The van der Waals surface area contributed by atoms with Gasteiger partial charge in [0, 0.05) is 11.1 Å². The van der Waals surface area contributed by atoms with Crippen molar-refractivity contribution in [1.29, 1.82) is 0 Å². The third kappa shape index (κ3) is 11.4. The highest BCUT2D eigenvalue weighted by Gasteiger charge is 2.15. The Morgan fingerprint density at radius 3 is 2.09 bits per heavy atom. The van der Waals surface area contributed by atoms with Crippen molar-refractivity contribution in [2.45, 2.75) is 85.4 Å². The number of carbonyl (C=O) groups is 1. The summed E-state index contributed by atoms with van der Waals surface area (Å²) in [5.41, 5.74) is 5.08. The summed E-state index contributed by atoms with van der Waals surface area (Å²) in [6.07, 6.45) is 9.88. The molecule has 0 saturated heterocycles. The molecule has 35 heavy (non-hydrogen) atoms. The normalized spacial score (nSPS) is 14.5. The highest BCUT2D eigenvalue weighted by molar-refractivity contribution is 5.74. The van der Waals surface area contributed by atoms with E-state index in [1.165, 1.54) is 30.4 Å². The maximum Gasteiger partial charge on any atom is 0.310 e. The molecule has 6 nitrogen and oxygen atoms in total.